The normalized spacial score (nSPS) is 14.9. The van der Waals surface area contributed by atoms with E-state index in [4.69, 9.17) is 0 Å². The summed E-state index contributed by atoms with van der Waals surface area (Å²) >= 11 is 0. The maximum atomic E-state index is 2.43. The maximum Gasteiger partial charge on any atom is 0.0989 e. The van der Waals surface area contributed by atoms with Gasteiger partial charge in [0.1, 0.15) is 0 Å². The highest BCUT2D eigenvalue weighted by Crippen LogP contribution is 2.42. The monoisotopic (exact) mass is 376 g/mol. The average Bonchev–Trinajstić information content (AvgIpc) is 3.00. The molecule has 0 bridgehead atoms. The Morgan fingerprint density at radius 3 is 1.54 bits per heavy atom. The maximum absolute atomic E-state index is 2.43. The van der Waals surface area contributed by atoms with Crippen molar-refractivity contribution in [2.24, 2.45) is 0 Å². The van der Waals surface area contributed by atoms with E-state index >= 15 is 0 Å². The first-order valence-electron chi connectivity index (χ1n) is 10.3. The first-order valence-corrected chi connectivity index (χ1v) is 10.3. The molecule has 0 saturated carbocycles. The van der Waals surface area contributed by atoms with Crippen molar-refractivity contribution < 1.29 is 0 Å². The fourth-order valence-electron chi connectivity index (χ4n) is 4.40. The summed E-state index contributed by atoms with van der Waals surface area (Å²) in [7, 11) is 0. The first-order chi connectivity index (χ1) is 12.9. The Balaban J connectivity index is 2.07. The Bertz CT molecular complexity index is 852. The number of hydrogen-bond donors (Lipinski definition) is 0. The molecule has 0 fully saturated rings. The standard InChI is InChI=1S/C26H36N2/c1-18-15-19(2)23(20(3)16-18)27-13-14-28(17-27)24-21(25(4,5)6)11-10-12-22(24)26(7,8)9/h10-16H,17H2,1-9H3. The molecule has 0 aromatic heterocycles. The summed E-state index contributed by atoms with van der Waals surface area (Å²) in [5, 5.41) is 0. The summed E-state index contributed by atoms with van der Waals surface area (Å²) in [5.41, 5.74) is 9.69. The van der Waals surface area contributed by atoms with Crippen LogP contribution >= 0.6 is 0 Å². The smallest absolute Gasteiger partial charge is 0.0989 e. The second-order valence-electron chi connectivity index (χ2n) is 10.3. The molecule has 0 radical (unpaired) electrons. The zero-order chi connectivity index (χ0) is 20.9. The molecule has 1 aliphatic rings. The third kappa shape index (κ3) is 3.83. The number of nitrogens with zero attached hydrogens (tertiary/aromatic N) is 2. The predicted molar refractivity (Wildman–Crippen MR) is 123 cm³/mol. The summed E-state index contributed by atoms with van der Waals surface area (Å²) in [5.74, 6) is 0. The van der Waals surface area contributed by atoms with Crippen molar-refractivity contribution in [2.45, 2.75) is 73.1 Å². The molecule has 150 valence electrons. The van der Waals surface area contributed by atoms with E-state index < -0.39 is 0 Å². The minimum absolute atomic E-state index is 0.0908. The molecule has 0 atom stereocenters. The van der Waals surface area contributed by atoms with Gasteiger partial charge in [-0.05, 0) is 53.9 Å². The van der Waals surface area contributed by atoms with Crippen molar-refractivity contribution in [3.63, 3.8) is 0 Å². The highest BCUT2D eigenvalue weighted by Gasteiger charge is 2.30. The fraction of sp³-hybridized carbons (Fsp3) is 0.462. The van der Waals surface area contributed by atoms with Gasteiger partial charge >= 0.3 is 0 Å². The van der Waals surface area contributed by atoms with Crippen LogP contribution in [0.5, 0.6) is 0 Å². The molecule has 0 unspecified atom stereocenters. The molecular weight excluding hydrogens is 340 g/mol. The van der Waals surface area contributed by atoms with Crippen molar-refractivity contribution in [3.8, 4) is 0 Å². The van der Waals surface area contributed by atoms with Gasteiger partial charge in [0, 0.05) is 23.8 Å². The number of rotatable bonds is 2. The lowest BCUT2D eigenvalue weighted by Gasteiger charge is -2.34. The second kappa shape index (κ2) is 6.99. The van der Waals surface area contributed by atoms with Crippen LogP contribution in [0.1, 0.15) is 69.4 Å². The SMILES string of the molecule is Cc1cc(C)c(N2C=CN(c3c(C(C)(C)C)cccc3C(C)(C)C)C2)c(C)c1. The van der Waals surface area contributed by atoms with Gasteiger partial charge < -0.3 is 9.80 Å². The number of hydrogen-bond acceptors (Lipinski definition) is 2. The van der Waals surface area contributed by atoms with Crippen molar-refractivity contribution in [3.05, 3.63) is 70.5 Å². The number of aryl methyl sites for hydroxylation is 3. The zero-order valence-electron chi connectivity index (χ0n) is 19.1. The molecule has 2 aromatic rings. The van der Waals surface area contributed by atoms with Crippen molar-refractivity contribution >= 4 is 11.4 Å². The highest BCUT2D eigenvalue weighted by molar-refractivity contribution is 5.70. The van der Waals surface area contributed by atoms with Gasteiger partial charge in [0.05, 0.1) is 6.67 Å². The van der Waals surface area contributed by atoms with Crippen LogP contribution in [-0.2, 0) is 10.8 Å². The number of benzene rings is 2. The molecule has 28 heavy (non-hydrogen) atoms. The largest absolute Gasteiger partial charge is 0.328 e. The van der Waals surface area contributed by atoms with Gasteiger partial charge in [-0.2, -0.15) is 0 Å². The average molecular weight is 377 g/mol. The Labute approximate surface area is 171 Å². The van der Waals surface area contributed by atoms with Crippen LogP contribution in [0.25, 0.3) is 0 Å². The van der Waals surface area contributed by atoms with Gasteiger partial charge in [-0.3, -0.25) is 0 Å². The van der Waals surface area contributed by atoms with Gasteiger partial charge in [-0.15, -0.1) is 0 Å². The van der Waals surface area contributed by atoms with Gasteiger partial charge in [0.15, 0.2) is 0 Å². The van der Waals surface area contributed by atoms with Crippen molar-refractivity contribution in [2.75, 3.05) is 16.5 Å². The lowest BCUT2D eigenvalue weighted by molar-refractivity contribution is 0.568. The molecule has 3 rings (SSSR count). The third-order valence-electron chi connectivity index (χ3n) is 5.59. The Morgan fingerprint density at radius 2 is 1.11 bits per heavy atom. The molecular formula is C26H36N2. The zero-order valence-corrected chi connectivity index (χ0v) is 19.1. The number of para-hydroxylation sites is 1. The number of anilines is 2. The molecule has 0 aliphatic carbocycles. The summed E-state index contributed by atoms with van der Waals surface area (Å²) in [6.45, 7) is 21.3. The Hall–Kier alpha value is -2.22. The third-order valence-corrected chi connectivity index (χ3v) is 5.59. The summed E-state index contributed by atoms with van der Waals surface area (Å²) < 4.78 is 0. The van der Waals surface area contributed by atoms with Gasteiger partial charge in [0.25, 0.3) is 0 Å². The molecule has 0 saturated heterocycles. The van der Waals surface area contributed by atoms with Crippen LogP contribution in [0.4, 0.5) is 11.4 Å². The summed E-state index contributed by atoms with van der Waals surface area (Å²) in [6, 6.07) is 11.4. The minimum atomic E-state index is 0.0908. The van der Waals surface area contributed by atoms with Crippen LogP contribution < -0.4 is 9.80 Å². The molecule has 2 nitrogen and oxygen atoms in total. The molecule has 2 aromatic carbocycles. The second-order valence-corrected chi connectivity index (χ2v) is 10.3. The van der Waals surface area contributed by atoms with Crippen molar-refractivity contribution in [1.82, 2.24) is 0 Å². The minimum Gasteiger partial charge on any atom is -0.328 e. The van der Waals surface area contributed by atoms with Crippen LogP contribution in [-0.4, -0.2) is 6.67 Å². The first kappa shape index (κ1) is 20.5. The van der Waals surface area contributed by atoms with Crippen LogP contribution in [0.15, 0.2) is 42.7 Å². The van der Waals surface area contributed by atoms with E-state index in [1.807, 2.05) is 0 Å². The molecule has 1 aliphatic heterocycles. The van der Waals surface area contributed by atoms with E-state index in [1.54, 1.807) is 0 Å². The highest BCUT2D eigenvalue weighted by atomic mass is 15.3. The van der Waals surface area contributed by atoms with E-state index in [-0.39, 0.29) is 10.8 Å². The molecule has 0 spiro atoms. The fourth-order valence-corrected chi connectivity index (χ4v) is 4.40. The Kier molecular flexibility index (Phi) is 5.12. The van der Waals surface area contributed by atoms with Gasteiger partial charge in [-0.1, -0.05) is 77.4 Å². The van der Waals surface area contributed by atoms with Crippen LogP contribution in [0.3, 0.4) is 0 Å². The van der Waals surface area contributed by atoms with E-state index in [0.717, 1.165) is 6.67 Å². The van der Waals surface area contributed by atoms with Gasteiger partial charge in [-0.25, -0.2) is 0 Å². The topological polar surface area (TPSA) is 6.48 Å². The van der Waals surface area contributed by atoms with Crippen LogP contribution in [0.2, 0.25) is 0 Å². The molecule has 0 amide bonds. The molecule has 2 heteroatoms. The predicted octanol–water partition coefficient (Wildman–Crippen LogP) is 6.96. The van der Waals surface area contributed by atoms with E-state index in [2.05, 4.69) is 115 Å². The quantitative estimate of drug-likeness (QED) is 0.559. The summed E-state index contributed by atoms with van der Waals surface area (Å²) in [6.07, 6.45) is 4.48. The van der Waals surface area contributed by atoms with Crippen LogP contribution in [0, 0.1) is 20.8 Å². The lowest BCUT2D eigenvalue weighted by Crippen LogP contribution is -2.30. The lowest BCUT2D eigenvalue weighted by atomic mass is 9.78. The van der Waals surface area contributed by atoms with E-state index in [0.29, 0.717) is 0 Å². The van der Waals surface area contributed by atoms with E-state index in [1.165, 1.54) is 39.2 Å². The Morgan fingerprint density at radius 1 is 0.679 bits per heavy atom. The molecule has 1 heterocycles. The van der Waals surface area contributed by atoms with E-state index in [9.17, 15) is 0 Å². The van der Waals surface area contributed by atoms with Gasteiger partial charge in [0.2, 0.25) is 0 Å². The molecule has 0 N–H and O–H groups in total. The van der Waals surface area contributed by atoms with Crippen molar-refractivity contribution in [1.29, 1.82) is 0 Å². The summed E-state index contributed by atoms with van der Waals surface area (Å²) in [4.78, 5) is 4.82.